The molecule has 14 heavy (non-hydrogen) atoms. The Hall–Kier alpha value is -1.41. The van der Waals surface area contributed by atoms with Crippen molar-refractivity contribution < 1.29 is 19.6 Å². The average molecular weight is 212 g/mol. The lowest BCUT2D eigenvalue weighted by Gasteiger charge is -2.08. The summed E-state index contributed by atoms with van der Waals surface area (Å²) >= 11 is 0. The minimum Gasteiger partial charge on any atom is -0.508 e. The first kappa shape index (κ1) is 10.7. The highest BCUT2D eigenvalue weighted by atomic mass is 31.1. The van der Waals surface area contributed by atoms with Crippen LogP contribution in [0.1, 0.15) is 11.5 Å². The van der Waals surface area contributed by atoms with Crippen LogP contribution < -0.4 is 0 Å². The van der Waals surface area contributed by atoms with Gasteiger partial charge in [0.15, 0.2) is 8.46 Å². The number of phenols is 1. The highest BCUT2D eigenvalue weighted by Crippen LogP contribution is 2.23. The van der Waals surface area contributed by atoms with Crippen molar-refractivity contribution in [3.05, 3.63) is 29.8 Å². The molecule has 1 rings (SSSR count). The van der Waals surface area contributed by atoms with Gasteiger partial charge in [-0.25, -0.2) is 0 Å². The Morgan fingerprint density at radius 3 is 2.71 bits per heavy atom. The van der Waals surface area contributed by atoms with E-state index < -0.39 is 11.9 Å². The molecule has 5 heteroatoms. The third-order valence-electron chi connectivity index (χ3n) is 1.83. The second-order valence-corrected chi connectivity index (χ2v) is 3.42. The normalized spacial score (nSPS) is 12.6. The summed E-state index contributed by atoms with van der Waals surface area (Å²) in [7, 11) is -0.216. The molecule has 0 amide bonds. The van der Waals surface area contributed by atoms with E-state index in [1.807, 2.05) is 0 Å². The third kappa shape index (κ3) is 2.54. The maximum Gasteiger partial charge on any atom is 0.311 e. The van der Waals surface area contributed by atoms with Crippen LogP contribution in [0, 0.1) is 0 Å². The molecule has 1 aromatic rings. The van der Waals surface area contributed by atoms with Crippen LogP contribution in [0.15, 0.2) is 24.3 Å². The summed E-state index contributed by atoms with van der Waals surface area (Å²) in [6.45, 7) is 0. The predicted octanol–water partition coefficient (Wildman–Crippen LogP) is 1.85. The summed E-state index contributed by atoms with van der Waals surface area (Å²) in [6, 6.07) is 5.97. The minimum absolute atomic E-state index is 0.0105. The van der Waals surface area contributed by atoms with Gasteiger partial charge >= 0.3 is 5.97 Å². The fourth-order valence-corrected chi connectivity index (χ4v) is 1.66. The summed E-state index contributed by atoms with van der Waals surface area (Å²) < 4.78 is 10.3. The summed E-state index contributed by atoms with van der Waals surface area (Å²) in [5.74, 6) is -1.86. The van der Waals surface area contributed by atoms with Gasteiger partial charge in [-0.15, -0.1) is 0 Å². The number of hydrogen-bond donors (Lipinski definition) is 2. The van der Waals surface area contributed by atoms with Crippen LogP contribution >= 0.6 is 8.46 Å². The largest absolute Gasteiger partial charge is 0.508 e. The second kappa shape index (κ2) is 4.72. The molecular formula is C9H9O4P. The smallest absolute Gasteiger partial charge is 0.311 e. The number of rotatable bonds is 4. The number of benzene rings is 1. The summed E-state index contributed by atoms with van der Waals surface area (Å²) in [4.78, 5) is 10.8. The standard InChI is InChI=1S/C9H9O4P/c10-7-3-1-2-6(4-7)8(5-14-13)9(11)12/h1-4,8,10H,5H2,(H,11,12). The van der Waals surface area contributed by atoms with Crippen molar-refractivity contribution >= 4 is 14.4 Å². The van der Waals surface area contributed by atoms with E-state index in [1.165, 1.54) is 12.1 Å². The molecule has 0 saturated carbocycles. The zero-order chi connectivity index (χ0) is 10.6. The zero-order valence-corrected chi connectivity index (χ0v) is 8.15. The SMILES string of the molecule is O=PCC(C(=O)O)c1cccc(O)c1. The van der Waals surface area contributed by atoms with Gasteiger partial charge in [0.25, 0.3) is 0 Å². The van der Waals surface area contributed by atoms with Gasteiger partial charge < -0.3 is 10.2 Å². The second-order valence-electron chi connectivity index (χ2n) is 2.80. The van der Waals surface area contributed by atoms with Crippen LogP contribution in [0.4, 0.5) is 0 Å². The number of carbonyl (C=O) groups is 1. The Balaban J connectivity index is 2.98. The average Bonchev–Trinajstić information content (AvgIpc) is 2.13. The molecular weight excluding hydrogens is 203 g/mol. The molecule has 74 valence electrons. The van der Waals surface area contributed by atoms with Crippen molar-refractivity contribution in [3.8, 4) is 5.75 Å². The van der Waals surface area contributed by atoms with E-state index in [0.717, 1.165) is 0 Å². The molecule has 1 aromatic carbocycles. The summed E-state index contributed by atoms with van der Waals surface area (Å²) in [6.07, 6.45) is 0.0127. The number of hydrogen-bond acceptors (Lipinski definition) is 3. The van der Waals surface area contributed by atoms with E-state index in [0.29, 0.717) is 5.56 Å². The van der Waals surface area contributed by atoms with Crippen LogP contribution in [-0.2, 0) is 9.36 Å². The van der Waals surface area contributed by atoms with Gasteiger partial charge in [0.1, 0.15) is 5.75 Å². The van der Waals surface area contributed by atoms with E-state index in [-0.39, 0.29) is 20.4 Å². The van der Waals surface area contributed by atoms with Crippen LogP contribution in [-0.4, -0.2) is 22.3 Å². The van der Waals surface area contributed by atoms with Crippen molar-refractivity contribution in [1.29, 1.82) is 0 Å². The fourth-order valence-electron chi connectivity index (χ4n) is 1.14. The van der Waals surface area contributed by atoms with Gasteiger partial charge in [-0.2, -0.15) is 0 Å². The highest BCUT2D eigenvalue weighted by molar-refractivity contribution is 7.23. The van der Waals surface area contributed by atoms with E-state index in [2.05, 4.69) is 0 Å². The van der Waals surface area contributed by atoms with Gasteiger partial charge in [-0.1, -0.05) is 12.1 Å². The lowest BCUT2D eigenvalue weighted by molar-refractivity contribution is -0.138. The van der Waals surface area contributed by atoms with Crippen molar-refractivity contribution in [2.45, 2.75) is 5.92 Å². The van der Waals surface area contributed by atoms with E-state index >= 15 is 0 Å². The number of phenolic OH excluding ortho intramolecular Hbond substituents is 1. The summed E-state index contributed by atoms with van der Waals surface area (Å²) in [5.41, 5.74) is 0.459. The van der Waals surface area contributed by atoms with Crippen molar-refractivity contribution in [3.63, 3.8) is 0 Å². The molecule has 0 bridgehead atoms. The predicted molar refractivity (Wildman–Crippen MR) is 51.0 cm³/mol. The first-order chi connectivity index (χ1) is 6.65. The monoisotopic (exact) mass is 212 g/mol. The molecule has 0 radical (unpaired) electrons. The van der Waals surface area contributed by atoms with Crippen molar-refractivity contribution in [2.75, 3.05) is 6.16 Å². The van der Waals surface area contributed by atoms with E-state index in [9.17, 15) is 9.36 Å². The first-order valence-electron chi connectivity index (χ1n) is 3.96. The molecule has 1 unspecified atom stereocenters. The lowest BCUT2D eigenvalue weighted by atomic mass is 10.0. The molecule has 4 nitrogen and oxygen atoms in total. The third-order valence-corrected chi connectivity index (χ3v) is 2.34. The molecule has 1 atom stereocenters. The van der Waals surface area contributed by atoms with Crippen molar-refractivity contribution in [2.24, 2.45) is 0 Å². The molecule has 2 N–H and O–H groups in total. The molecule has 0 aliphatic heterocycles. The van der Waals surface area contributed by atoms with Crippen LogP contribution in [0.5, 0.6) is 5.75 Å². The number of aromatic hydroxyl groups is 1. The molecule has 0 fully saturated rings. The molecule has 0 aliphatic carbocycles. The number of carboxylic acid groups (broad SMARTS) is 1. The first-order valence-corrected chi connectivity index (χ1v) is 4.95. The van der Waals surface area contributed by atoms with Gasteiger partial charge in [0.2, 0.25) is 0 Å². The maximum absolute atomic E-state index is 10.8. The van der Waals surface area contributed by atoms with E-state index in [4.69, 9.17) is 10.2 Å². The Labute approximate surface area is 82.4 Å². The topological polar surface area (TPSA) is 74.6 Å². The lowest BCUT2D eigenvalue weighted by Crippen LogP contribution is -2.12. The number of carboxylic acids is 1. The van der Waals surface area contributed by atoms with Crippen LogP contribution in [0.25, 0.3) is 0 Å². The fraction of sp³-hybridized carbons (Fsp3) is 0.222. The Bertz CT molecular complexity index is 350. The maximum atomic E-state index is 10.8. The van der Waals surface area contributed by atoms with Crippen LogP contribution in [0.2, 0.25) is 0 Å². The number of aliphatic carboxylic acids is 1. The molecule has 0 saturated heterocycles. The molecule has 0 spiro atoms. The van der Waals surface area contributed by atoms with Gasteiger partial charge in [0.05, 0.1) is 5.92 Å². The van der Waals surface area contributed by atoms with E-state index in [1.54, 1.807) is 12.1 Å². The Kier molecular flexibility index (Phi) is 3.60. The Morgan fingerprint density at radius 1 is 1.50 bits per heavy atom. The van der Waals surface area contributed by atoms with Gasteiger partial charge in [-0.05, 0) is 17.7 Å². The van der Waals surface area contributed by atoms with Gasteiger partial charge in [0, 0.05) is 6.16 Å². The van der Waals surface area contributed by atoms with Crippen molar-refractivity contribution in [1.82, 2.24) is 0 Å². The highest BCUT2D eigenvalue weighted by Gasteiger charge is 2.19. The minimum atomic E-state index is -1.04. The quantitative estimate of drug-likeness (QED) is 0.747. The molecule has 0 aromatic heterocycles. The molecule has 0 heterocycles. The zero-order valence-electron chi connectivity index (χ0n) is 7.25. The van der Waals surface area contributed by atoms with Gasteiger partial charge in [-0.3, -0.25) is 9.36 Å². The summed E-state index contributed by atoms with van der Waals surface area (Å²) in [5, 5.41) is 18.0. The van der Waals surface area contributed by atoms with Crippen LogP contribution in [0.3, 0.4) is 0 Å². The Morgan fingerprint density at radius 2 is 2.21 bits per heavy atom. The molecule has 0 aliphatic rings.